The third kappa shape index (κ3) is 2.22. The topological polar surface area (TPSA) is 53.5 Å². The van der Waals surface area contributed by atoms with Crippen LogP contribution < -0.4 is 0 Å². The first kappa shape index (κ1) is 13.5. The third-order valence-electron chi connectivity index (χ3n) is 4.20. The summed E-state index contributed by atoms with van der Waals surface area (Å²) in [5.74, 6) is 0.190. The molecule has 5 nitrogen and oxygen atoms in total. The van der Waals surface area contributed by atoms with Crippen LogP contribution in [-0.2, 0) is 9.59 Å². The number of hydrogen-bond acceptors (Lipinski definition) is 4. The average Bonchev–Trinajstić information content (AvgIpc) is 2.99. The van der Waals surface area contributed by atoms with E-state index < -0.39 is 0 Å². The zero-order valence-corrected chi connectivity index (χ0v) is 12.4. The van der Waals surface area contributed by atoms with Gasteiger partial charge in [0.25, 0.3) is 0 Å². The van der Waals surface area contributed by atoms with Gasteiger partial charge in [0.1, 0.15) is 17.6 Å². The van der Waals surface area contributed by atoms with E-state index in [2.05, 4.69) is 4.98 Å². The first-order chi connectivity index (χ1) is 9.72. The molecule has 0 aliphatic carbocycles. The number of aromatic nitrogens is 1. The second-order valence-corrected chi connectivity index (χ2v) is 6.29. The molecule has 1 aromatic heterocycles. The SMILES string of the molecule is CCC(c1nccs1)N1CC(=O)N2CCCCC2C1=O. The predicted molar refractivity (Wildman–Crippen MR) is 76.2 cm³/mol. The number of piperidine rings is 1. The van der Waals surface area contributed by atoms with E-state index in [0.717, 1.165) is 37.2 Å². The normalized spacial score (nSPS) is 24.8. The van der Waals surface area contributed by atoms with Crippen molar-refractivity contribution in [2.24, 2.45) is 0 Å². The van der Waals surface area contributed by atoms with E-state index in [-0.39, 0.29) is 30.4 Å². The van der Waals surface area contributed by atoms with Gasteiger partial charge in [0.05, 0.1) is 6.04 Å². The van der Waals surface area contributed by atoms with Crippen LogP contribution in [0, 0.1) is 0 Å². The van der Waals surface area contributed by atoms with Crippen LogP contribution in [0.4, 0.5) is 0 Å². The van der Waals surface area contributed by atoms with Gasteiger partial charge in [-0.2, -0.15) is 0 Å². The Hall–Kier alpha value is -1.43. The second kappa shape index (κ2) is 5.52. The van der Waals surface area contributed by atoms with Gasteiger partial charge in [-0.15, -0.1) is 11.3 Å². The summed E-state index contributed by atoms with van der Waals surface area (Å²) >= 11 is 1.55. The maximum atomic E-state index is 12.7. The largest absolute Gasteiger partial charge is 0.329 e. The summed E-state index contributed by atoms with van der Waals surface area (Å²) in [6, 6.07) is -0.297. The van der Waals surface area contributed by atoms with Gasteiger partial charge in [0, 0.05) is 18.1 Å². The Kier molecular flexibility index (Phi) is 3.74. The molecule has 2 fully saturated rings. The zero-order valence-electron chi connectivity index (χ0n) is 11.6. The fourth-order valence-electron chi connectivity index (χ4n) is 3.18. The summed E-state index contributed by atoms with van der Waals surface area (Å²) in [5.41, 5.74) is 0. The number of rotatable bonds is 3. The van der Waals surface area contributed by atoms with E-state index in [9.17, 15) is 9.59 Å². The van der Waals surface area contributed by atoms with Crippen LogP contribution in [0.3, 0.4) is 0 Å². The zero-order chi connectivity index (χ0) is 14.1. The maximum Gasteiger partial charge on any atom is 0.246 e. The van der Waals surface area contributed by atoms with Crippen molar-refractivity contribution in [1.29, 1.82) is 0 Å². The lowest BCUT2D eigenvalue weighted by Gasteiger charge is -2.44. The fourth-order valence-corrected chi connectivity index (χ4v) is 4.02. The van der Waals surface area contributed by atoms with Crippen molar-refractivity contribution >= 4 is 23.2 Å². The number of carbonyl (C=O) groups excluding carboxylic acids is 2. The molecule has 0 bridgehead atoms. The van der Waals surface area contributed by atoms with Gasteiger partial charge in [-0.3, -0.25) is 9.59 Å². The molecular weight excluding hydrogens is 274 g/mol. The lowest BCUT2D eigenvalue weighted by molar-refractivity contribution is -0.160. The van der Waals surface area contributed by atoms with Gasteiger partial charge in [0.2, 0.25) is 11.8 Å². The molecule has 2 amide bonds. The van der Waals surface area contributed by atoms with Crippen LogP contribution in [0.15, 0.2) is 11.6 Å². The molecule has 2 aliphatic heterocycles. The van der Waals surface area contributed by atoms with Gasteiger partial charge in [-0.25, -0.2) is 4.98 Å². The summed E-state index contributed by atoms with van der Waals surface area (Å²) in [5, 5.41) is 2.85. The van der Waals surface area contributed by atoms with Gasteiger partial charge in [-0.1, -0.05) is 6.92 Å². The second-order valence-electron chi connectivity index (χ2n) is 5.36. The van der Waals surface area contributed by atoms with Crippen LogP contribution >= 0.6 is 11.3 Å². The van der Waals surface area contributed by atoms with E-state index in [1.54, 1.807) is 27.3 Å². The van der Waals surface area contributed by atoms with Crippen LogP contribution in [0.5, 0.6) is 0 Å². The molecule has 3 rings (SSSR count). The summed E-state index contributed by atoms with van der Waals surface area (Å²) in [6.07, 6.45) is 5.39. The first-order valence-corrected chi connectivity index (χ1v) is 8.09. The van der Waals surface area contributed by atoms with Gasteiger partial charge >= 0.3 is 0 Å². The molecule has 0 N–H and O–H groups in total. The molecule has 2 aliphatic rings. The Morgan fingerprint density at radius 2 is 2.30 bits per heavy atom. The number of thiazole rings is 1. The molecule has 2 unspecified atom stereocenters. The molecule has 0 spiro atoms. The monoisotopic (exact) mass is 293 g/mol. The van der Waals surface area contributed by atoms with Crippen molar-refractivity contribution in [2.45, 2.75) is 44.7 Å². The maximum absolute atomic E-state index is 12.7. The minimum Gasteiger partial charge on any atom is -0.329 e. The highest BCUT2D eigenvalue weighted by atomic mass is 32.1. The van der Waals surface area contributed by atoms with Gasteiger partial charge in [-0.05, 0) is 25.7 Å². The van der Waals surface area contributed by atoms with Crippen molar-refractivity contribution < 1.29 is 9.59 Å². The average molecular weight is 293 g/mol. The number of nitrogens with zero attached hydrogens (tertiary/aromatic N) is 3. The van der Waals surface area contributed by atoms with Gasteiger partial charge in [0.15, 0.2) is 0 Å². The molecule has 1 aromatic rings. The first-order valence-electron chi connectivity index (χ1n) is 7.21. The lowest BCUT2D eigenvalue weighted by atomic mass is 9.97. The minimum atomic E-state index is -0.237. The molecule has 0 aromatic carbocycles. The highest BCUT2D eigenvalue weighted by Crippen LogP contribution is 2.31. The molecule has 0 radical (unpaired) electrons. The smallest absolute Gasteiger partial charge is 0.246 e. The molecule has 3 heterocycles. The summed E-state index contributed by atoms with van der Waals surface area (Å²) < 4.78 is 0. The Labute approximate surface area is 122 Å². The standard InChI is InChI=1S/C14H19N3O2S/c1-2-10(13-15-6-8-20-13)17-9-12(18)16-7-4-3-5-11(16)14(17)19/h6,8,10-11H,2-5,7,9H2,1H3. The van der Waals surface area contributed by atoms with Crippen LogP contribution in [0.2, 0.25) is 0 Å². The van der Waals surface area contributed by atoms with Crippen LogP contribution in [-0.4, -0.2) is 45.7 Å². The van der Waals surface area contributed by atoms with E-state index in [0.29, 0.717) is 0 Å². The van der Waals surface area contributed by atoms with Crippen LogP contribution in [0.25, 0.3) is 0 Å². The third-order valence-corrected chi connectivity index (χ3v) is 5.07. The number of amides is 2. The van der Waals surface area contributed by atoms with Crippen LogP contribution in [0.1, 0.15) is 43.7 Å². The summed E-state index contributed by atoms with van der Waals surface area (Å²) in [6.45, 7) is 2.97. The van der Waals surface area contributed by atoms with Crippen molar-refractivity contribution in [2.75, 3.05) is 13.1 Å². The van der Waals surface area contributed by atoms with E-state index in [4.69, 9.17) is 0 Å². The summed E-state index contributed by atoms with van der Waals surface area (Å²) in [4.78, 5) is 32.8. The van der Waals surface area contributed by atoms with Crippen molar-refractivity contribution in [1.82, 2.24) is 14.8 Å². The van der Waals surface area contributed by atoms with E-state index in [1.807, 2.05) is 12.3 Å². The number of carbonyl (C=O) groups is 2. The Bertz CT molecular complexity index is 503. The number of fused-ring (bicyclic) bond motifs is 1. The van der Waals surface area contributed by atoms with Gasteiger partial charge < -0.3 is 9.80 Å². The lowest BCUT2D eigenvalue weighted by Crippen LogP contribution is -2.61. The summed E-state index contributed by atoms with van der Waals surface area (Å²) in [7, 11) is 0. The Morgan fingerprint density at radius 3 is 3.00 bits per heavy atom. The molecule has 2 saturated heterocycles. The number of piperazine rings is 1. The highest BCUT2D eigenvalue weighted by molar-refractivity contribution is 7.09. The minimum absolute atomic E-state index is 0.0597. The number of hydrogen-bond donors (Lipinski definition) is 0. The molecule has 0 saturated carbocycles. The van der Waals surface area contributed by atoms with Crippen molar-refractivity contribution in [3.05, 3.63) is 16.6 Å². The molecular formula is C14H19N3O2S. The molecule has 2 atom stereocenters. The predicted octanol–water partition coefficient (Wildman–Crippen LogP) is 1.82. The van der Waals surface area contributed by atoms with E-state index >= 15 is 0 Å². The fraction of sp³-hybridized carbons (Fsp3) is 0.643. The Morgan fingerprint density at radius 1 is 1.45 bits per heavy atom. The molecule has 20 heavy (non-hydrogen) atoms. The Balaban J connectivity index is 1.86. The molecule has 108 valence electrons. The van der Waals surface area contributed by atoms with Crippen molar-refractivity contribution in [3.63, 3.8) is 0 Å². The highest BCUT2D eigenvalue weighted by Gasteiger charge is 2.43. The van der Waals surface area contributed by atoms with E-state index in [1.165, 1.54) is 0 Å². The molecule has 6 heteroatoms. The van der Waals surface area contributed by atoms with Crippen molar-refractivity contribution in [3.8, 4) is 0 Å². The quantitative estimate of drug-likeness (QED) is 0.854.